The van der Waals surface area contributed by atoms with Gasteiger partial charge in [-0.1, -0.05) is 31.5 Å². The van der Waals surface area contributed by atoms with Crippen LogP contribution in [-0.4, -0.2) is 39.1 Å². The number of rotatable bonds is 5. The van der Waals surface area contributed by atoms with Gasteiger partial charge < -0.3 is 10.2 Å². The van der Waals surface area contributed by atoms with Crippen LogP contribution >= 0.6 is 11.6 Å². The summed E-state index contributed by atoms with van der Waals surface area (Å²) in [5, 5.41) is 4.06. The Morgan fingerprint density at radius 1 is 1.43 bits per heavy atom. The van der Waals surface area contributed by atoms with Gasteiger partial charge in [0.25, 0.3) is 0 Å². The van der Waals surface area contributed by atoms with E-state index in [2.05, 4.69) is 19.2 Å². The number of nitrogens with zero attached hydrogens (tertiary/aromatic N) is 1. The Morgan fingerprint density at radius 2 is 2.14 bits per heavy atom. The van der Waals surface area contributed by atoms with Crippen LogP contribution in [0.4, 0.5) is 5.69 Å². The first-order chi connectivity index (χ1) is 9.78. The molecule has 4 nitrogen and oxygen atoms in total. The van der Waals surface area contributed by atoms with E-state index in [1.165, 1.54) is 0 Å². The lowest BCUT2D eigenvalue weighted by Crippen LogP contribution is -2.32. The van der Waals surface area contributed by atoms with Gasteiger partial charge in [0.2, 0.25) is 0 Å². The second-order valence-electron chi connectivity index (χ2n) is 5.98. The summed E-state index contributed by atoms with van der Waals surface area (Å²) >= 11 is 6.33. The van der Waals surface area contributed by atoms with E-state index in [0.29, 0.717) is 17.5 Å². The van der Waals surface area contributed by atoms with Crippen LogP contribution in [0.3, 0.4) is 0 Å². The normalized spacial score (nSPS) is 20.9. The Balaban J connectivity index is 2.09. The number of sulfone groups is 1. The highest BCUT2D eigenvalue weighted by atomic mass is 35.5. The van der Waals surface area contributed by atoms with E-state index in [1.807, 2.05) is 30.1 Å². The maximum absolute atomic E-state index is 11.6. The van der Waals surface area contributed by atoms with Gasteiger partial charge in [-0.25, -0.2) is 8.42 Å². The van der Waals surface area contributed by atoms with Crippen molar-refractivity contribution >= 4 is 27.1 Å². The van der Waals surface area contributed by atoms with Crippen LogP contribution in [0.1, 0.15) is 25.8 Å². The predicted octanol–water partition coefficient (Wildman–Crippen LogP) is 2.46. The Bertz CT molecular complexity index is 602. The Morgan fingerprint density at radius 3 is 2.67 bits per heavy atom. The molecule has 0 radical (unpaired) electrons. The number of hydrogen-bond acceptors (Lipinski definition) is 4. The SMILES string of the molecule is CC(C)NCc1ccc(N(C)C2CCS(=O)(=O)C2)cc1Cl. The minimum atomic E-state index is -2.87. The summed E-state index contributed by atoms with van der Waals surface area (Å²) in [4.78, 5) is 2.02. The van der Waals surface area contributed by atoms with Crippen molar-refractivity contribution in [3.8, 4) is 0 Å². The van der Waals surface area contributed by atoms with E-state index >= 15 is 0 Å². The maximum Gasteiger partial charge on any atom is 0.152 e. The van der Waals surface area contributed by atoms with Crippen molar-refractivity contribution in [2.45, 2.75) is 38.9 Å². The molecule has 1 atom stereocenters. The molecule has 6 heteroatoms. The second kappa shape index (κ2) is 6.55. The van der Waals surface area contributed by atoms with Crippen molar-refractivity contribution in [3.05, 3.63) is 28.8 Å². The third-order valence-electron chi connectivity index (χ3n) is 3.90. The molecule has 0 bridgehead atoms. The average molecular weight is 331 g/mol. The van der Waals surface area contributed by atoms with Gasteiger partial charge in [0.1, 0.15) is 0 Å². The van der Waals surface area contributed by atoms with Crippen molar-refractivity contribution < 1.29 is 8.42 Å². The number of halogens is 1. The van der Waals surface area contributed by atoms with Crippen LogP contribution < -0.4 is 10.2 Å². The van der Waals surface area contributed by atoms with E-state index in [0.717, 1.165) is 17.8 Å². The lowest BCUT2D eigenvalue weighted by atomic mass is 10.1. The average Bonchev–Trinajstić information content (AvgIpc) is 2.76. The van der Waals surface area contributed by atoms with Crippen LogP contribution in [0.15, 0.2) is 18.2 Å². The van der Waals surface area contributed by atoms with E-state index in [9.17, 15) is 8.42 Å². The number of anilines is 1. The fraction of sp³-hybridized carbons (Fsp3) is 0.600. The van der Waals surface area contributed by atoms with Crippen molar-refractivity contribution in [1.29, 1.82) is 0 Å². The molecule has 2 rings (SSSR count). The molecule has 1 aliphatic rings. The summed E-state index contributed by atoms with van der Waals surface area (Å²) in [6, 6.07) is 6.39. The summed E-state index contributed by atoms with van der Waals surface area (Å²) in [7, 11) is -0.936. The number of benzene rings is 1. The molecule has 1 aromatic carbocycles. The molecule has 0 saturated carbocycles. The summed E-state index contributed by atoms with van der Waals surface area (Å²) in [6.45, 7) is 4.92. The molecule has 1 N–H and O–H groups in total. The van der Waals surface area contributed by atoms with Crippen molar-refractivity contribution in [3.63, 3.8) is 0 Å². The zero-order valence-corrected chi connectivity index (χ0v) is 14.3. The van der Waals surface area contributed by atoms with Crippen molar-refractivity contribution in [1.82, 2.24) is 5.32 Å². The smallest absolute Gasteiger partial charge is 0.152 e. The van der Waals surface area contributed by atoms with Crippen LogP contribution in [0.25, 0.3) is 0 Å². The molecule has 118 valence electrons. The first kappa shape index (κ1) is 16.6. The molecule has 0 spiro atoms. The minimum Gasteiger partial charge on any atom is -0.371 e. The molecular weight excluding hydrogens is 308 g/mol. The van der Waals surface area contributed by atoms with E-state index in [-0.39, 0.29) is 17.5 Å². The van der Waals surface area contributed by atoms with Gasteiger partial charge >= 0.3 is 0 Å². The third-order valence-corrected chi connectivity index (χ3v) is 6.00. The topological polar surface area (TPSA) is 49.4 Å². The quantitative estimate of drug-likeness (QED) is 0.901. The van der Waals surface area contributed by atoms with Crippen LogP contribution in [0.2, 0.25) is 5.02 Å². The monoisotopic (exact) mass is 330 g/mol. The highest BCUT2D eigenvalue weighted by molar-refractivity contribution is 7.91. The second-order valence-corrected chi connectivity index (χ2v) is 8.62. The molecule has 1 fully saturated rings. The first-order valence-electron chi connectivity index (χ1n) is 7.23. The molecule has 0 aliphatic carbocycles. The predicted molar refractivity (Wildman–Crippen MR) is 88.9 cm³/mol. The largest absolute Gasteiger partial charge is 0.371 e. The molecule has 1 saturated heterocycles. The van der Waals surface area contributed by atoms with Crippen LogP contribution in [-0.2, 0) is 16.4 Å². The Hall–Kier alpha value is -0.780. The zero-order chi connectivity index (χ0) is 15.6. The summed E-state index contributed by atoms with van der Waals surface area (Å²) in [5.41, 5.74) is 2.02. The molecule has 1 unspecified atom stereocenters. The zero-order valence-electron chi connectivity index (χ0n) is 12.8. The molecule has 0 amide bonds. The van der Waals surface area contributed by atoms with E-state index < -0.39 is 9.84 Å². The number of hydrogen-bond donors (Lipinski definition) is 1. The number of nitrogens with one attached hydrogen (secondary N) is 1. The van der Waals surface area contributed by atoms with Crippen molar-refractivity contribution in [2.75, 3.05) is 23.5 Å². The van der Waals surface area contributed by atoms with Crippen LogP contribution in [0.5, 0.6) is 0 Å². The first-order valence-corrected chi connectivity index (χ1v) is 9.43. The molecule has 1 aromatic rings. The maximum atomic E-state index is 11.6. The standard InChI is InChI=1S/C15H23ClN2O2S/c1-11(2)17-9-12-4-5-13(8-15(12)16)18(3)14-6-7-21(19,20)10-14/h4-5,8,11,14,17H,6-7,9-10H2,1-3H3. The Kier molecular flexibility index (Phi) is 5.17. The summed E-state index contributed by atoms with van der Waals surface area (Å²) in [6.07, 6.45) is 0.688. The fourth-order valence-corrected chi connectivity index (χ4v) is 4.52. The highest BCUT2D eigenvalue weighted by Gasteiger charge is 2.30. The Labute approximate surface area is 132 Å². The van der Waals surface area contributed by atoms with Gasteiger partial charge in [0.15, 0.2) is 9.84 Å². The van der Waals surface area contributed by atoms with E-state index in [4.69, 9.17) is 11.6 Å². The minimum absolute atomic E-state index is 0.0469. The van der Waals surface area contributed by atoms with Gasteiger partial charge in [-0.15, -0.1) is 0 Å². The van der Waals surface area contributed by atoms with Gasteiger partial charge in [-0.2, -0.15) is 0 Å². The van der Waals surface area contributed by atoms with Gasteiger partial charge in [0, 0.05) is 36.4 Å². The van der Waals surface area contributed by atoms with Gasteiger partial charge in [0.05, 0.1) is 11.5 Å². The fourth-order valence-electron chi connectivity index (χ4n) is 2.50. The van der Waals surface area contributed by atoms with Gasteiger partial charge in [-0.3, -0.25) is 0 Å². The lowest BCUT2D eigenvalue weighted by molar-refractivity contribution is 0.589. The van der Waals surface area contributed by atoms with E-state index in [1.54, 1.807) is 0 Å². The third kappa shape index (κ3) is 4.34. The van der Waals surface area contributed by atoms with Crippen molar-refractivity contribution in [2.24, 2.45) is 0 Å². The lowest BCUT2D eigenvalue weighted by Gasteiger charge is -2.26. The summed E-state index contributed by atoms with van der Waals surface area (Å²) in [5.74, 6) is 0.518. The summed E-state index contributed by atoms with van der Waals surface area (Å²) < 4.78 is 23.2. The highest BCUT2D eigenvalue weighted by Crippen LogP contribution is 2.27. The van der Waals surface area contributed by atoms with Gasteiger partial charge in [-0.05, 0) is 24.1 Å². The molecule has 0 aromatic heterocycles. The molecule has 21 heavy (non-hydrogen) atoms. The molecule has 1 aliphatic heterocycles. The molecular formula is C15H23ClN2O2S. The van der Waals surface area contributed by atoms with Crippen LogP contribution in [0, 0.1) is 0 Å². The molecule has 1 heterocycles.